The monoisotopic (exact) mass is 348 g/mol. The van der Waals surface area contributed by atoms with Gasteiger partial charge in [0, 0.05) is 12.6 Å². The van der Waals surface area contributed by atoms with Crippen molar-refractivity contribution in [3.8, 4) is 0 Å². The molecule has 1 unspecified atom stereocenters. The van der Waals surface area contributed by atoms with E-state index in [4.69, 9.17) is 0 Å². The lowest BCUT2D eigenvalue weighted by Crippen LogP contribution is -2.37. The molecular weight excluding hydrogens is 328 g/mol. The van der Waals surface area contributed by atoms with Crippen LogP contribution in [-0.4, -0.2) is 40.6 Å². The van der Waals surface area contributed by atoms with E-state index in [1.54, 1.807) is 13.0 Å². The molecule has 1 saturated heterocycles. The number of esters is 1. The van der Waals surface area contributed by atoms with Crippen molar-refractivity contribution >= 4 is 28.4 Å². The van der Waals surface area contributed by atoms with Crippen molar-refractivity contribution in [1.29, 1.82) is 0 Å². The fourth-order valence-corrected chi connectivity index (χ4v) is 3.62. The molecule has 1 aliphatic rings. The maximum Gasteiger partial charge on any atom is 0.339 e. The predicted octanol–water partition coefficient (Wildman–Crippen LogP) is 1.23. The second kappa shape index (κ2) is 7.92. The fraction of sp³-hybridized carbons (Fsp3) is 0.500. The molecule has 0 spiro atoms. The smallest absolute Gasteiger partial charge is 0.339 e. The summed E-state index contributed by atoms with van der Waals surface area (Å²) < 4.78 is 32.0. The van der Waals surface area contributed by atoms with Gasteiger partial charge in [-0.3, -0.25) is 0 Å². The molecule has 1 heterocycles. The van der Waals surface area contributed by atoms with Gasteiger partial charge in [0.15, 0.2) is 0 Å². The lowest BCUT2D eigenvalue weighted by Gasteiger charge is -2.14. The molecule has 0 aromatic heterocycles. The van der Waals surface area contributed by atoms with Crippen LogP contribution in [0.1, 0.15) is 28.8 Å². The Labute approximate surface area is 137 Å². The summed E-state index contributed by atoms with van der Waals surface area (Å²) in [5, 5.41) is 3.22. The van der Waals surface area contributed by atoms with Gasteiger partial charge in [0.25, 0.3) is 0 Å². The van der Waals surface area contributed by atoms with Crippen molar-refractivity contribution in [3.05, 3.63) is 29.3 Å². The number of benzene rings is 1. The molecule has 0 aliphatic carbocycles. The number of carbonyl (C=O) groups excluding carboxylic acids is 1. The average Bonchev–Trinajstić information content (AvgIpc) is 2.97. The second-order valence-corrected chi connectivity index (χ2v) is 6.87. The molecule has 1 aliphatic heterocycles. The molecule has 0 bridgehead atoms. The number of hydrogen-bond donors (Lipinski definition) is 2. The van der Waals surface area contributed by atoms with E-state index < -0.39 is 16.0 Å². The number of carbonyl (C=O) groups is 1. The van der Waals surface area contributed by atoms with Crippen LogP contribution in [0.5, 0.6) is 0 Å². The lowest BCUT2D eigenvalue weighted by molar-refractivity contribution is 0.0596. The van der Waals surface area contributed by atoms with Crippen molar-refractivity contribution in [2.24, 2.45) is 0 Å². The molecule has 1 aromatic carbocycles. The van der Waals surface area contributed by atoms with Crippen LogP contribution in [0.15, 0.2) is 23.1 Å². The van der Waals surface area contributed by atoms with Crippen molar-refractivity contribution in [2.75, 3.05) is 20.2 Å². The van der Waals surface area contributed by atoms with E-state index in [1.807, 2.05) is 0 Å². The minimum Gasteiger partial charge on any atom is -0.465 e. The highest BCUT2D eigenvalue weighted by molar-refractivity contribution is 7.89. The summed E-state index contributed by atoms with van der Waals surface area (Å²) in [7, 11) is -2.51. The summed E-state index contributed by atoms with van der Waals surface area (Å²) in [4.78, 5) is 11.7. The zero-order chi connectivity index (χ0) is 15.5. The SMILES string of the molecule is COC(=O)c1cc(C)ccc1S(=O)(=O)NCC1CCCN1.Cl. The minimum atomic E-state index is -3.74. The van der Waals surface area contributed by atoms with Crippen LogP contribution in [0.25, 0.3) is 0 Å². The molecule has 1 atom stereocenters. The molecule has 1 aromatic rings. The predicted molar refractivity (Wildman–Crippen MR) is 86.0 cm³/mol. The van der Waals surface area contributed by atoms with E-state index in [1.165, 1.54) is 19.2 Å². The van der Waals surface area contributed by atoms with Crippen LogP contribution in [0, 0.1) is 6.92 Å². The summed E-state index contributed by atoms with van der Waals surface area (Å²) in [6.07, 6.45) is 1.99. The molecule has 6 nitrogen and oxygen atoms in total. The zero-order valence-electron chi connectivity index (χ0n) is 12.6. The second-order valence-electron chi connectivity index (χ2n) is 5.14. The van der Waals surface area contributed by atoms with Crippen LogP contribution >= 0.6 is 12.4 Å². The molecule has 2 rings (SSSR count). The van der Waals surface area contributed by atoms with Gasteiger partial charge < -0.3 is 10.1 Å². The van der Waals surface area contributed by atoms with Crippen LogP contribution in [-0.2, 0) is 14.8 Å². The maximum atomic E-state index is 12.4. The van der Waals surface area contributed by atoms with Crippen LogP contribution in [0.3, 0.4) is 0 Å². The Morgan fingerprint density at radius 1 is 1.45 bits per heavy atom. The van der Waals surface area contributed by atoms with Crippen LogP contribution < -0.4 is 10.0 Å². The number of nitrogens with one attached hydrogen (secondary N) is 2. The molecule has 22 heavy (non-hydrogen) atoms. The molecule has 2 N–H and O–H groups in total. The number of hydrogen-bond acceptors (Lipinski definition) is 5. The number of aryl methyl sites for hydroxylation is 1. The fourth-order valence-electron chi connectivity index (χ4n) is 2.37. The Morgan fingerprint density at radius 3 is 2.77 bits per heavy atom. The first-order valence-electron chi connectivity index (χ1n) is 6.86. The highest BCUT2D eigenvalue weighted by Gasteiger charge is 2.24. The number of sulfonamides is 1. The van der Waals surface area contributed by atoms with Crippen molar-refractivity contribution < 1.29 is 17.9 Å². The minimum absolute atomic E-state index is 0. The van der Waals surface area contributed by atoms with Gasteiger partial charge in [0.05, 0.1) is 17.6 Å². The highest BCUT2D eigenvalue weighted by atomic mass is 35.5. The molecule has 0 amide bonds. The quantitative estimate of drug-likeness (QED) is 0.782. The van der Waals surface area contributed by atoms with E-state index in [0.717, 1.165) is 24.9 Å². The standard InChI is InChI=1S/C14H20N2O4S.ClH/c1-10-5-6-13(12(8-10)14(17)20-2)21(18,19)16-9-11-4-3-7-15-11;/h5-6,8,11,15-16H,3-4,7,9H2,1-2H3;1H. The highest BCUT2D eigenvalue weighted by Crippen LogP contribution is 2.18. The van der Waals surface area contributed by atoms with E-state index in [9.17, 15) is 13.2 Å². The lowest BCUT2D eigenvalue weighted by atomic mass is 10.1. The summed E-state index contributed by atoms with van der Waals surface area (Å²) >= 11 is 0. The first kappa shape index (κ1) is 18.9. The first-order chi connectivity index (χ1) is 9.94. The third-order valence-electron chi connectivity index (χ3n) is 3.51. The summed E-state index contributed by atoms with van der Waals surface area (Å²) in [6.45, 7) is 3.01. The van der Waals surface area contributed by atoms with E-state index >= 15 is 0 Å². The average molecular weight is 349 g/mol. The Morgan fingerprint density at radius 2 is 2.18 bits per heavy atom. The Bertz CT molecular complexity index is 628. The number of rotatable bonds is 5. The van der Waals surface area contributed by atoms with Crippen molar-refractivity contribution in [1.82, 2.24) is 10.0 Å². The maximum absolute atomic E-state index is 12.4. The molecule has 0 saturated carbocycles. The molecule has 1 fully saturated rings. The van der Waals surface area contributed by atoms with E-state index in [0.29, 0.717) is 6.54 Å². The summed E-state index contributed by atoms with van der Waals surface area (Å²) in [5.74, 6) is -0.655. The zero-order valence-corrected chi connectivity index (χ0v) is 14.2. The van der Waals surface area contributed by atoms with Crippen LogP contribution in [0.4, 0.5) is 0 Å². The third kappa shape index (κ3) is 4.42. The molecule has 8 heteroatoms. The molecule has 124 valence electrons. The molecular formula is C14H21ClN2O4S. The van der Waals surface area contributed by atoms with Crippen molar-refractivity contribution in [3.63, 3.8) is 0 Å². The van der Waals surface area contributed by atoms with Crippen LogP contribution in [0.2, 0.25) is 0 Å². The van der Waals surface area contributed by atoms with Gasteiger partial charge in [-0.2, -0.15) is 0 Å². The Balaban J connectivity index is 0.00000242. The van der Waals surface area contributed by atoms with Gasteiger partial charge in [0.2, 0.25) is 10.0 Å². The van der Waals surface area contributed by atoms with E-state index in [-0.39, 0.29) is 28.9 Å². The normalized spacial score (nSPS) is 17.8. The van der Waals surface area contributed by atoms with Gasteiger partial charge in [-0.1, -0.05) is 11.6 Å². The number of halogens is 1. The Hall–Kier alpha value is -1.15. The number of methoxy groups -OCH3 is 1. The van der Waals surface area contributed by atoms with Gasteiger partial charge in [-0.25, -0.2) is 17.9 Å². The van der Waals surface area contributed by atoms with E-state index in [2.05, 4.69) is 14.8 Å². The van der Waals surface area contributed by atoms with Gasteiger partial charge in [0.1, 0.15) is 0 Å². The third-order valence-corrected chi connectivity index (χ3v) is 4.99. The first-order valence-corrected chi connectivity index (χ1v) is 8.34. The van der Waals surface area contributed by atoms with Gasteiger partial charge in [-0.15, -0.1) is 12.4 Å². The summed E-state index contributed by atoms with van der Waals surface area (Å²) in [5.41, 5.74) is 0.858. The number of ether oxygens (including phenoxy) is 1. The van der Waals surface area contributed by atoms with Gasteiger partial charge >= 0.3 is 5.97 Å². The molecule has 0 radical (unpaired) electrons. The Kier molecular flexibility index (Phi) is 6.80. The van der Waals surface area contributed by atoms with Crippen molar-refractivity contribution in [2.45, 2.75) is 30.7 Å². The topological polar surface area (TPSA) is 84.5 Å². The largest absolute Gasteiger partial charge is 0.465 e. The summed E-state index contributed by atoms with van der Waals surface area (Å²) in [6, 6.07) is 4.77. The van der Waals surface area contributed by atoms with Gasteiger partial charge in [-0.05, 0) is 38.4 Å².